The van der Waals surface area contributed by atoms with Gasteiger partial charge in [-0.2, -0.15) is 15.0 Å². The second kappa shape index (κ2) is 7.19. The van der Waals surface area contributed by atoms with Gasteiger partial charge >= 0.3 is 0 Å². The van der Waals surface area contributed by atoms with E-state index in [1.165, 1.54) is 4.80 Å². The molecule has 30 heavy (non-hydrogen) atoms. The third-order valence-electron chi connectivity index (χ3n) is 6.08. The van der Waals surface area contributed by atoms with Crippen molar-refractivity contribution in [2.24, 2.45) is 5.92 Å². The van der Waals surface area contributed by atoms with Crippen LogP contribution in [0.2, 0.25) is 0 Å². The van der Waals surface area contributed by atoms with Crippen LogP contribution in [0.5, 0.6) is 0 Å². The number of likely N-dealkylation sites (tertiary alicyclic amines) is 1. The van der Waals surface area contributed by atoms with Crippen molar-refractivity contribution in [3.05, 3.63) is 59.2 Å². The van der Waals surface area contributed by atoms with Gasteiger partial charge in [-0.15, -0.1) is 0 Å². The molecule has 0 saturated carbocycles. The van der Waals surface area contributed by atoms with Crippen molar-refractivity contribution in [2.75, 3.05) is 24.5 Å². The first-order valence-electron chi connectivity index (χ1n) is 10.3. The highest BCUT2D eigenvalue weighted by molar-refractivity contribution is 5.98. The van der Waals surface area contributed by atoms with Crippen LogP contribution in [0.3, 0.4) is 0 Å². The van der Waals surface area contributed by atoms with Crippen LogP contribution in [-0.4, -0.2) is 61.4 Å². The first-order valence-corrected chi connectivity index (χ1v) is 10.3. The summed E-state index contributed by atoms with van der Waals surface area (Å²) in [4.78, 5) is 28.5. The fraction of sp³-hybridized carbons (Fsp3) is 0.409. The normalized spacial score (nSPS) is 20.6. The van der Waals surface area contributed by atoms with E-state index >= 15 is 0 Å². The molecule has 3 aromatic rings. The summed E-state index contributed by atoms with van der Waals surface area (Å²) in [5.74, 6) is 1.39. The van der Waals surface area contributed by atoms with Gasteiger partial charge in [0.2, 0.25) is 5.95 Å². The summed E-state index contributed by atoms with van der Waals surface area (Å²) in [6.45, 7) is 8.39. The second-order valence-corrected chi connectivity index (χ2v) is 8.31. The molecule has 2 aliphatic rings. The Labute approximate surface area is 175 Å². The van der Waals surface area contributed by atoms with Gasteiger partial charge in [0.15, 0.2) is 0 Å². The number of benzene rings is 1. The van der Waals surface area contributed by atoms with Crippen molar-refractivity contribution in [1.29, 1.82) is 0 Å². The Morgan fingerprint density at radius 3 is 2.47 bits per heavy atom. The Morgan fingerprint density at radius 2 is 1.73 bits per heavy atom. The zero-order valence-electron chi connectivity index (χ0n) is 17.5. The maximum absolute atomic E-state index is 13.5. The largest absolute Gasteiger partial charge is 0.336 e. The van der Waals surface area contributed by atoms with Crippen molar-refractivity contribution in [3.8, 4) is 5.69 Å². The average molecular weight is 403 g/mol. The molecule has 0 N–H and O–H groups in total. The van der Waals surface area contributed by atoms with E-state index in [2.05, 4.69) is 25.1 Å². The number of nitrogens with zero attached hydrogens (tertiary/aromatic N) is 7. The molecule has 154 valence electrons. The lowest BCUT2D eigenvalue weighted by Crippen LogP contribution is -2.65. The molecule has 2 aliphatic heterocycles. The van der Waals surface area contributed by atoms with Crippen LogP contribution in [0.1, 0.15) is 33.7 Å². The minimum Gasteiger partial charge on any atom is -0.336 e. The Kier molecular flexibility index (Phi) is 4.49. The van der Waals surface area contributed by atoms with Gasteiger partial charge in [0.1, 0.15) is 0 Å². The minimum atomic E-state index is 0.0256. The number of hydrogen-bond acceptors (Lipinski definition) is 6. The topological polar surface area (TPSA) is 80.0 Å². The summed E-state index contributed by atoms with van der Waals surface area (Å²) in [6.07, 6.45) is 4.24. The number of fused-ring (bicyclic) bond motifs is 1. The highest BCUT2D eigenvalue weighted by Gasteiger charge is 2.45. The average Bonchev–Trinajstić information content (AvgIpc) is 3.22. The lowest BCUT2D eigenvalue weighted by molar-refractivity contribution is 0.0589. The number of carbonyl (C=O) groups is 1. The number of rotatable bonds is 3. The Hall–Kier alpha value is -3.29. The van der Waals surface area contributed by atoms with Crippen molar-refractivity contribution in [2.45, 2.75) is 33.2 Å². The van der Waals surface area contributed by atoms with Gasteiger partial charge in [0.25, 0.3) is 5.91 Å². The number of aromatic nitrogens is 5. The van der Waals surface area contributed by atoms with Crippen molar-refractivity contribution < 1.29 is 4.79 Å². The molecule has 8 heteroatoms. The van der Waals surface area contributed by atoms with Crippen LogP contribution >= 0.6 is 0 Å². The van der Waals surface area contributed by atoms with Crippen LogP contribution in [0, 0.1) is 26.7 Å². The van der Waals surface area contributed by atoms with E-state index in [0.29, 0.717) is 23.7 Å². The molecule has 2 saturated heterocycles. The summed E-state index contributed by atoms with van der Waals surface area (Å²) in [5, 5.41) is 8.44. The zero-order chi connectivity index (χ0) is 20.8. The van der Waals surface area contributed by atoms with Gasteiger partial charge in [-0.1, -0.05) is 11.6 Å². The number of hydrogen-bond donors (Lipinski definition) is 0. The fourth-order valence-corrected chi connectivity index (χ4v) is 4.55. The van der Waals surface area contributed by atoms with Gasteiger partial charge in [-0.25, -0.2) is 9.97 Å². The molecule has 4 heterocycles. The van der Waals surface area contributed by atoms with Crippen LogP contribution < -0.4 is 4.90 Å². The summed E-state index contributed by atoms with van der Waals surface area (Å²) in [7, 11) is 0. The van der Waals surface area contributed by atoms with Crippen molar-refractivity contribution >= 4 is 11.9 Å². The maximum atomic E-state index is 13.5. The third-order valence-corrected chi connectivity index (χ3v) is 6.08. The number of aryl methyl sites for hydroxylation is 3. The lowest BCUT2D eigenvalue weighted by Gasteiger charge is -2.53. The third kappa shape index (κ3) is 3.22. The number of amides is 1. The molecule has 2 unspecified atom stereocenters. The molecule has 2 aromatic heterocycles. The summed E-state index contributed by atoms with van der Waals surface area (Å²) in [6, 6.07) is 8.07. The predicted octanol–water partition coefficient (Wildman–Crippen LogP) is 2.33. The molecule has 0 bridgehead atoms. The Bertz CT molecular complexity index is 1070. The van der Waals surface area contributed by atoms with Crippen LogP contribution in [0.15, 0.2) is 36.7 Å². The first kappa shape index (κ1) is 18.7. The van der Waals surface area contributed by atoms with E-state index < -0.39 is 0 Å². The van der Waals surface area contributed by atoms with Crippen LogP contribution in [-0.2, 0) is 0 Å². The lowest BCUT2D eigenvalue weighted by atomic mass is 9.82. The number of carbonyl (C=O) groups excluding carboxylic acids is 1. The predicted molar refractivity (Wildman–Crippen MR) is 113 cm³/mol. The van der Waals surface area contributed by atoms with Crippen molar-refractivity contribution in [1.82, 2.24) is 29.9 Å². The van der Waals surface area contributed by atoms with E-state index in [9.17, 15) is 4.79 Å². The molecule has 0 aliphatic carbocycles. The molecule has 2 fully saturated rings. The molecule has 1 aromatic carbocycles. The molecular weight excluding hydrogens is 378 g/mol. The minimum absolute atomic E-state index is 0.0256. The van der Waals surface area contributed by atoms with Gasteiger partial charge in [0, 0.05) is 36.9 Å². The van der Waals surface area contributed by atoms with E-state index in [-0.39, 0.29) is 11.9 Å². The number of anilines is 1. The van der Waals surface area contributed by atoms with Crippen molar-refractivity contribution in [3.63, 3.8) is 0 Å². The fourth-order valence-electron chi connectivity index (χ4n) is 4.55. The van der Waals surface area contributed by atoms with Gasteiger partial charge in [-0.05, 0) is 45.4 Å². The monoisotopic (exact) mass is 403 g/mol. The summed E-state index contributed by atoms with van der Waals surface area (Å²) >= 11 is 0. The first-order chi connectivity index (χ1) is 14.5. The van der Waals surface area contributed by atoms with E-state index in [1.807, 2.05) is 49.9 Å². The molecular formula is C22H25N7O. The van der Waals surface area contributed by atoms with Gasteiger partial charge in [0.05, 0.1) is 29.7 Å². The maximum Gasteiger partial charge on any atom is 0.256 e. The van der Waals surface area contributed by atoms with E-state index in [0.717, 1.165) is 42.4 Å². The zero-order valence-corrected chi connectivity index (χ0v) is 17.5. The molecule has 8 nitrogen and oxygen atoms in total. The van der Waals surface area contributed by atoms with Gasteiger partial charge in [-0.3, -0.25) is 4.79 Å². The SMILES string of the molecule is Cc1ccc(-n2nccn2)c(C(=O)N2CCC3CN(c4nc(C)cc(C)n4)C3C2)c1. The van der Waals surface area contributed by atoms with E-state index in [4.69, 9.17) is 0 Å². The standard InChI is InChI=1S/C22H25N7O/c1-14-4-5-19(29-23-7-8-24-29)18(10-14)21(30)27-9-6-17-12-28(20(17)13-27)22-25-15(2)11-16(3)26-22/h4-5,7-8,10-11,17,20H,6,9,12-13H2,1-3H3. The number of piperidine rings is 1. The molecule has 2 atom stereocenters. The molecule has 0 spiro atoms. The van der Waals surface area contributed by atoms with Gasteiger partial charge < -0.3 is 9.80 Å². The second-order valence-electron chi connectivity index (χ2n) is 8.31. The van der Waals surface area contributed by atoms with Crippen LogP contribution in [0.25, 0.3) is 5.69 Å². The van der Waals surface area contributed by atoms with E-state index in [1.54, 1.807) is 12.4 Å². The van der Waals surface area contributed by atoms with Crippen LogP contribution in [0.4, 0.5) is 5.95 Å². The molecule has 0 radical (unpaired) electrons. The summed E-state index contributed by atoms with van der Waals surface area (Å²) < 4.78 is 0. The molecule has 1 amide bonds. The highest BCUT2D eigenvalue weighted by Crippen LogP contribution is 2.35. The summed E-state index contributed by atoms with van der Waals surface area (Å²) in [5.41, 5.74) is 4.33. The Morgan fingerprint density at radius 1 is 1.00 bits per heavy atom. The Balaban J connectivity index is 1.40. The highest BCUT2D eigenvalue weighted by atomic mass is 16.2. The smallest absolute Gasteiger partial charge is 0.256 e. The quantitative estimate of drug-likeness (QED) is 0.668. The molecule has 5 rings (SSSR count).